The highest BCUT2D eigenvalue weighted by molar-refractivity contribution is 6.06. The minimum absolute atomic E-state index is 0.143. The fourth-order valence-corrected chi connectivity index (χ4v) is 4.45. The monoisotopic (exact) mass is 390 g/mol. The normalized spacial score (nSPS) is 26.6. The van der Waals surface area contributed by atoms with Crippen molar-refractivity contribution in [1.82, 2.24) is 4.90 Å². The van der Waals surface area contributed by atoms with Crippen LogP contribution in [0.25, 0.3) is 0 Å². The zero-order chi connectivity index (χ0) is 20.4. The van der Waals surface area contributed by atoms with Crippen molar-refractivity contribution in [1.29, 1.82) is 5.26 Å². The maximum atomic E-state index is 13.8. The van der Waals surface area contributed by atoms with E-state index in [9.17, 15) is 14.9 Å². The van der Waals surface area contributed by atoms with Gasteiger partial charge in [-0.25, -0.2) is 0 Å². The predicted molar refractivity (Wildman–Crippen MR) is 104 cm³/mol. The van der Waals surface area contributed by atoms with Crippen LogP contribution in [-0.4, -0.2) is 36.0 Å². The zero-order valence-corrected chi connectivity index (χ0v) is 16.2. The average Bonchev–Trinajstić information content (AvgIpc) is 3.29. The summed E-state index contributed by atoms with van der Waals surface area (Å²) >= 11 is 0. The van der Waals surface area contributed by atoms with E-state index in [1.165, 1.54) is 0 Å². The van der Waals surface area contributed by atoms with E-state index in [4.69, 9.17) is 9.47 Å². The van der Waals surface area contributed by atoms with Crippen LogP contribution in [0.4, 0.5) is 0 Å². The Hall–Kier alpha value is -3.17. The van der Waals surface area contributed by atoms with E-state index in [1.807, 2.05) is 36.4 Å². The second-order valence-electron chi connectivity index (χ2n) is 7.33. The van der Waals surface area contributed by atoms with E-state index in [-0.39, 0.29) is 19.1 Å². The molecule has 148 valence electrons. The molecule has 0 unspecified atom stereocenters. The third kappa shape index (κ3) is 2.99. The van der Waals surface area contributed by atoms with Gasteiger partial charge in [0, 0.05) is 5.56 Å². The molecule has 2 aromatic carbocycles. The van der Waals surface area contributed by atoms with Gasteiger partial charge in [-0.3, -0.25) is 9.59 Å². The molecule has 2 aromatic rings. The van der Waals surface area contributed by atoms with Crippen molar-refractivity contribution in [3.8, 4) is 6.07 Å². The van der Waals surface area contributed by atoms with Crippen LogP contribution in [0, 0.1) is 16.7 Å². The average molecular weight is 390 g/mol. The Bertz CT molecular complexity index is 940. The van der Waals surface area contributed by atoms with Crippen LogP contribution in [-0.2, 0) is 19.1 Å². The Balaban J connectivity index is 1.78. The molecule has 29 heavy (non-hydrogen) atoms. The molecule has 0 spiro atoms. The van der Waals surface area contributed by atoms with Gasteiger partial charge in [-0.2, -0.15) is 5.26 Å². The number of amides is 1. The smallest absolute Gasteiger partial charge is 0.323 e. The van der Waals surface area contributed by atoms with Crippen LogP contribution in [0.15, 0.2) is 60.7 Å². The SMILES string of the molecule is CCOC(=O)[C@@]1([C@@H](C#N)c2ccccc2)C[C@H]2CO[C@H](c3ccccc3)N2C1=O. The first-order valence-corrected chi connectivity index (χ1v) is 9.74. The van der Waals surface area contributed by atoms with Crippen LogP contribution in [0.2, 0.25) is 0 Å². The standard InChI is InChI=1S/C23H22N2O4/c1-2-28-22(27)23(19(14-24)16-9-5-3-6-10-16)13-18-15-29-20(25(18)21(23)26)17-11-7-4-8-12-17/h3-12,18-20H,2,13,15H2,1H3/t18-,19-,20+,23+/m0/s1. The molecule has 6 heteroatoms. The van der Waals surface area contributed by atoms with Crippen LogP contribution in [0.5, 0.6) is 0 Å². The van der Waals surface area contributed by atoms with E-state index in [0.29, 0.717) is 12.2 Å². The Morgan fingerprint density at radius 1 is 1.24 bits per heavy atom. The van der Waals surface area contributed by atoms with Crippen molar-refractivity contribution < 1.29 is 19.1 Å². The topological polar surface area (TPSA) is 79.6 Å². The van der Waals surface area contributed by atoms with Gasteiger partial charge in [0.1, 0.15) is 0 Å². The minimum Gasteiger partial charge on any atom is -0.465 e. The number of hydrogen-bond acceptors (Lipinski definition) is 5. The molecule has 0 saturated carbocycles. The number of fused-ring (bicyclic) bond motifs is 1. The van der Waals surface area contributed by atoms with E-state index >= 15 is 0 Å². The van der Waals surface area contributed by atoms with Crippen LogP contribution in [0.1, 0.15) is 36.6 Å². The lowest BCUT2D eigenvalue weighted by Crippen LogP contribution is -2.46. The number of rotatable bonds is 5. The summed E-state index contributed by atoms with van der Waals surface area (Å²) in [6.45, 7) is 2.16. The summed E-state index contributed by atoms with van der Waals surface area (Å²) in [4.78, 5) is 28.6. The van der Waals surface area contributed by atoms with Gasteiger partial charge in [0.05, 0.1) is 31.2 Å². The van der Waals surface area contributed by atoms with Crippen molar-refractivity contribution in [3.63, 3.8) is 0 Å². The second-order valence-corrected chi connectivity index (χ2v) is 7.33. The second kappa shape index (κ2) is 7.69. The first kappa shape index (κ1) is 19.2. The summed E-state index contributed by atoms with van der Waals surface area (Å²) < 4.78 is 11.2. The summed E-state index contributed by atoms with van der Waals surface area (Å²) in [5.41, 5.74) is -0.0980. The van der Waals surface area contributed by atoms with Gasteiger partial charge in [-0.15, -0.1) is 0 Å². The number of hydrogen-bond donors (Lipinski definition) is 0. The molecular formula is C23H22N2O4. The Morgan fingerprint density at radius 3 is 2.52 bits per heavy atom. The molecule has 2 aliphatic heterocycles. The number of carbonyl (C=O) groups excluding carboxylic acids is 2. The zero-order valence-electron chi connectivity index (χ0n) is 16.2. The molecule has 6 nitrogen and oxygen atoms in total. The molecule has 2 saturated heterocycles. The van der Waals surface area contributed by atoms with Gasteiger partial charge in [-0.1, -0.05) is 60.7 Å². The van der Waals surface area contributed by atoms with Crippen molar-refractivity contribution in [2.45, 2.75) is 31.5 Å². The summed E-state index contributed by atoms with van der Waals surface area (Å²) in [6.07, 6.45) is -0.374. The molecule has 0 radical (unpaired) electrons. The maximum absolute atomic E-state index is 13.8. The van der Waals surface area contributed by atoms with Crippen molar-refractivity contribution in [2.24, 2.45) is 5.41 Å². The van der Waals surface area contributed by atoms with Gasteiger partial charge in [-0.05, 0) is 18.9 Å². The number of carbonyl (C=O) groups is 2. The molecule has 0 N–H and O–H groups in total. The lowest BCUT2D eigenvalue weighted by atomic mass is 9.70. The maximum Gasteiger partial charge on any atom is 0.323 e. The Labute approximate surface area is 169 Å². The summed E-state index contributed by atoms with van der Waals surface area (Å²) in [5, 5.41) is 10.0. The van der Waals surface area contributed by atoms with Gasteiger partial charge in [0.15, 0.2) is 11.6 Å². The molecular weight excluding hydrogens is 368 g/mol. The summed E-state index contributed by atoms with van der Waals surface area (Å²) in [7, 11) is 0. The van der Waals surface area contributed by atoms with E-state index in [1.54, 1.807) is 36.1 Å². The highest BCUT2D eigenvalue weighted by atomic mass is 16.5. The number of nitriles is 1. The summed E-state index contributed by atoms with van der Waals surface area (Å²) in [6, 6.07) is 20.4. The lowest BCUT2D eigenvalue weighted by Gasteiger charge is -2.31. The van der Waals surface area contributed by atoms with Gasteiger partial charge in [0.2, 0.25) is 5.91 Å². The quantitative estimate of drug-likeness (QED) is 0.579. The van der Waals surface area contributed by atoms with Crippen molar-refractivity contribution >= 4 is 11.9 Å². The molecule has 0 aliphatic carbocycles. The predicted octanol–water partition coefficient (Wildman–Crippen LogP) is 3.17. The van der Waals surface area contributed by atoms with Gasteiger partial charge >= 0.3 is 5.97 Å². The van der Waals surface area contributed by atoms with Crippen LogP contribution in [0.3, 0.4) is 0 Å². The molecule has 2 heterocycles. The molecule has 0 bridgehead atoms. The van der Waals surface area contributed by atoms with Crippen molar-refractivity contribution in [3.05, 3.63) is 71.8 Å². The lowest BCUT2D eigenvalue weighted by molar-refractivity contribution is -0.164. The number of nitrogens with zero attached hydrogens (tertiary/aromatic N) is 2. The Kier molecular flexibility index (Phi) is 5.08. The van der Waals surface area contributed by atoms with E-state index in [2.05, 4.69) is 6.07 Å². The first-order valence-electron chi connectivity index (χ1n) is 9.74. The first-order chi connectivity index (χ1) is 14.1. The van der Waals surface area contributed by atoms with E-state index in [0.717, 1.165) is 5.56 Å². The highest BCUT2D eigenvalue weighted by Gasteiger charge is 2.65. The third-order valence-electron chi connectivity index (χ3n) is 5.75. The fraction of sp³-hybridized carbons (Fsp3) is 0.348. The molecule has 1 amide bonds. The molecule has 0 aromatic heterocycles. The van der Waals surface area contributed by atoms with E-state index < -0.39 is 29.4 Å². The molecule has 2 aliphatic rings. The van der Waals surface area contributed by atoms with Gasteiger partial charge < -0.3 is 14.4 Å². The minimum atomic E-state index is -1.58. The number of esters is 1. The molecule has 2 fully saturated rings. The van der Waals surface area contributed by atoms with Gasteiger partial charge in [0.25, 0.3) is 0 Å². The molecule has 4 rings (SSSR count). The summed E-state index contributed by atoms with van der Waals surface area (Å²) in [5.74, 6) is -1.97. The Morgan fingerprint density at radius 2 is 1.90 bits per heavy atom. The van der Waals surface area contributed by atoms with Crippen LogP contribution >= 0.6 is 0 Å². The third-order valence-corrected chi connectivity index (χ3v) is 5.75. The number of benzene rings is 2. The largest absolute Gasteiger partial charge is 0.465 e. The highest BCUT2D eigenvalue weighted by Crippen LogP contribution is 2.52. The van der Waals surface area contributed by atoms with Crippen molar-refractivity contribution in [2.75, 3.05) is 13.2 Å². The fourth-order valence-electron chi connectivity index (χ4n) is 4.45. The van der Waals surface area contributed by atoms with Crippen LogP contribution < -0.4 is 0 Å². The molecule has 4 atom stereocenters. The number of ether oxygens (including phenoxy) is 2.